The maximum Gasteiger partial charge on any atom is 0.0855 e. The van der Waals surface area contributed by atoms with Gasteiger partial charge in [0.1, 0.15) is 0 Å². The van der Waals surface area contributed by atoms with Gasteiger partial charge in [0.15, 0.2) is 0 Å². The van der Waals surface area contributed by atoms with E-state index in [1.165, 1.54) is 0 Å². The van der Waals surface area contributed by atoms with E-state index in [4.69, 9.17) is 0 Å². The summed E-state index contributed by atoms with van der Waals surface area (Å²) >= 11 is 0. The molecule has 0 amide bonds. The predicted molar refractivity (Wildman–Crippen MR) is 124 cm³/mol. The molecule has 0 fully saturated rings. The third-order valence-corrected chi connectivity index (χ3v) is 7.85. The van der Waals surface area contributed by atoms with E-state index in [1.54, 1.807) is 0 Å². The lowest BCUT2D eigenvalue weighted by molar-refractivity contribution is 0.681. The van der Waals surface area contributed by atoms with Crippen LogP contribution in [-0.4, -0.2) is 8.42 Å². The van der Waals surface area contributed by atoms with Crippen LogP contribution in [0.3, 0.4) is 0 Å². The number of benzene rings is 4. The first-order chi connectivity index (χ1) is 14.5. The molecule has 0 aliphatic carbocycles. The molecule has 0 saturated carbocycles. The SMILES string of the molecule is Cc1ccc(S(=O)c2ccccc2-c2ccccc2S(=O)c2ccc(C)cc2)cc1. The van der Waals surface area contributed by atoms with Gasteiger partial charge in [-0.1, -0.05) is 71.8 Å². The molecule has 150 valence electrons. The zero-order valence-corrected chi connectivity index (χ0v) is 18.5. The van der Waals surface area contributed by atoms with E-state index >= 15 is 0 Å². The zero-order chi connectivity index (χ0) is 21.1. The van der Waals surface area contributed by atoms with Crippen molar-refractivity contribution in [3.8, 4) is 11.1 Å². The fraction of sp³-hybridized carbons (Fsp3) is 0.0769. The van der Waals surface area contributed by atoms with Crippen LogP contribution in [0.2, 0.25) is 0 Å². The Kier molecular flexibility index (Phi) is 6.07. The van der Waals surface area contributed by atoms with Crippen LogP contribution in [0.1, 0.15) is 11.1 Å². The Morgan fingerprint density at radius 1 is 0.467 bits per heavy atom. The largest absolute Gasteiger partial charge is 0.249 e. The highest BCUT2D eigenvalue weighted by Crippen LogP contribution is 2.34. The third-order valence-electron chi connectivity index (χ3n) is 4.93. The van der Waals surface area contributed by atoms with Crippen LogP contribution < -0.4 is 0 Å². The molecule has 30 heavy (non-hydrogen) atoms. The summed E-state index contributed by atoms with van der Waals surface area (Å²) in [6.45, 7) is 4.02. The standard InChI is InChI=1S/C26H22O2S2/c1-19-11-15-21(16-12-19)29(27)25-9-5-3-7-23(25)24-8-4-6-10-26(24)30(28)22-17-13-20(2)14-18-22/h3-18H,1-2H3. The minimum atomic E-state index is -1.34. The molecule has 4 rings (SSSR count). The van der Waals surface area contributed by atoms with E-state index in [0.717, 1.165) is 41.8 Å². The van der Waals surface area contributed by atoms with Crippen molar-refractivity contribution >= 4 is 21.6 Å². The van der Waals surface area contributed by atoms with Gasteiger partial charge < -0.3 is 0 Å². The fourth-order valence-electron chi connectivity index (χ4n) is 3.28. The van der Waals surface area contributed by atoms with E-state index in [-0.39, 0.29) is 0 Å². The molecule has 4 heteroatoms. The Balaban J connectivity index is 1.81. The molecule has 0 saturated heterocycles. The van der Waals surface area contributed by atoms with Gasteiger partial charge in [0, 0.05) is 9.79 Å². The molecule has 4 aromatic carbocycles. The molecule has 0 aromatic heterocycles. The molecule has 0 bridgehead atoms. The molecular weight excluding hydrogens is 408 g/mol. The average Bonchev–Trinajstić information content (AvgIpc) is 2.79. The normalized spacial score (nSPS) is 13.0. The van der Waals surface area contributed by atoms with Crippen molar-refractivity contribution in [1.82, 2.24) is 0 Å². The van der Waals surface area contributed by atoms with Gasteiger partial charge in [0.2, 0.25) is 0 Å². The second-order valence-corrected chi connectivity index (χ2v) is 10.1. The van der Waals surface area contributed by atoms with Crippen molar-refractivity contribution in [2.75, 3.05) is 0 Å². The summed E-state index contributed by atoms with van der Waals surface area (Å²) in [4.78, 5) is 2.94. The Labute approximate surface area is 182 Å². The van der Waals surface area contributed by atoms with Gasteiger partial charge in [-0.15, -0.1) is 0 Å². The van der Waals surface area contributed by atoms with E-state index in [9.17, 15) is 8.42 Å². The van der Waals surface area contributed by atoms with E-state index in [0.29, 0.717) is 0 Å². The van der Waals surface area contributed by atoms with E-state index < -0.39 is 21.6 Å². The fourth-order valence-corrected chi connectivity index (χ4v) is 5.71. The Morgan fingerprint density at radius 2 is 0.800 bits per heavy atom. The van der Waals surface area contributed by atoms with Crippen LogP contribution in [0.5, 0.6) is 0 Å². The van der Waals surface area contributed by atoms with Gasteiger partial charge in [-0.2, -0.15) is 0 Å². The lowest BCUT2D eigenvalue weighted by Crippen LogP contribution is -2.00. The molecule has 2 unspecified atom stereocenters. The van der Waals surface area contributed by atoms with Crippen molar-refractivity contribution in [2.45, 2.75) is 33.4 Å². The maximum absolute atomic E-state index is 13.4. The summed E-state index contributed by atoms with van der Waals surface area (Å²) in [6, 6.07) is 30.8. The minimum Gasteiger partial charge on any atom is -0.249 e. The first-order valence-corrected chi connectivity index (χ1v) is 12.0. The topological polar surface area (TPSA) is 34.1 Å². The number of hydrogen-bond donors (Lipinski definition) is 0. The van der Waals surface area contributed by atoms with Gasteiger partial charge in [-0.05, 0) is 61.4 Å². The molecule has 0 N–H and O–H groups in total. The number of rotatable bonds is 5. The van der Waals surface area contributed by atoms with Gasteiger partial charge in [-0.25, -0.2) is 8.42 Å². The Morgan fingerprint density at radius 3 is 1.17 bits per heavy atom. The molecule has 0 heterocycles. The summed E-state index contributed by atoms with van der Waals surface area (Å²) in [7, 11) is -2.67. The van der Waals surface area contributed by atoms with Crippen LogP contribution in [0.15, 0.2) is 117 Å². The van der Waals surface area contributed by atoms with E-state index in [1.807, 2.05) is 111 Å². The summed E-state index contributed by atoms with van der Waals surface area (Å²) in [6.07, 6.45) is 0. The van der Waals surface area contributed by atoms with Crippen LogP contribution >= 0.6 is 0 Å². The van der Waals surface area contributed by atoms with Crippen LogP contribution in [0, 0.1) is 13.8 Å². The van der Waals surface area contributed by atoms with Crippen molar-refractivity contribution in [3.63, 3.8) is 0 Å². The summed E-state index contributed by atoms with van der Waals surface area (Å²) < 4.78 is 26.8. The number of aryl methyl sites for hydroxylation is 2. The summed E-state index contributed by atoms with van der Waals surface area (Å²) in [5.74, 6) is 0. The summed E-state index contributed by atoms with van der Waals surface area (Å²) in [5.41, 5.74) is 3.94. The van der Waals surface area contributed by atoms with Gasteiger partial charge in [0.05, 0.1) is 31.4 Å². The highest BCUT2D eigenvalue weighted by Gasteiger charge is 2.18. The lowest BCUT2D eigenvalue weighted by Gasteiger charge is -2.14. The molecule has 0 radical (unpaired) electrons. The zero-order valence-electron chi connectivity index (χ0n) is 16.9. The quantitative estimate of drug-likeness (QED) is 0.372. The second kappa shape index (κ2) is 8.90. The molecule has 2 atom stereocenters. The monoisotopic (exact) mass is 430 g/mol. The van der Waals surface area contributed by atoms with Crippen molar-refractivity contribution in [1.29, 1.82) is 0 Å². The Hall–Kier alpha value is -2.82. The van der Waals surface area contributed by atoms with Crippen LogP contribution in [-0.2, 0) is 21.6 Å². The van der Waals surface area contributed by atoms with Gasteiger partial charge in [-0.3, -0.25) is 0 Å². The Bertz CT molecular complexity index is 1130. The van der Waals surface area contributed by atoms with Crippen molar-refractivity contribution in [2.24, 2.45) is 0 Å². The first kappa shape index (κ1) is 20.5. The number of hydrogen-bond acceptors (Lipinski definition) is 2. The molecule has 0 aliphatic heterocycles. The maximum atomic E-state index is 13.4. The smallest absolute Gasteiger partial charge is 0.0855 e. The second-order valence-electron chi connectivity index (χ2n) is 7.16. The highest BCUT2D eigenvalue weighted by atomic mass is 32.2. The molecule has 0 aliphatic rings. The van der Waals surface area contributed by atoms with Gasteiger partial charge in [0.25, 0.3) is 0 Å². The molecular formula is C26H22O2S2. The predicted octanol–water partition coefficient (Wildman–Crippen LogP) is 6.30. The first-order valence-electron chi connectivity index (χ1n) is 9.70. The highest BCUT2D eigenvalue weighted by molar-refractivity contribution is 7.85. The van der Waals surface area contributed by atoms with E-state index in [2.05, 4.69) is 0 Å². The lowest BCUT2D eigenvalue weighted by atomic mass is 10.1. The van der Waals surface area contributed by atoms with Crippen LogP contribution in [0.25, 0.3) is 11.1 Å². The summed E-state index contributed by atoms with van der Waals surface area (Å²) in [5, 5.41) is 0. The molecule has 2 nitrogen and oxygen atoms in total. The average molecular weight is 431 g/mol. The minimum absolute atomic E-state index is 0.717. The third kappa shape index (κ3) is 4.20. The van der Waals surface area contributed by atoms with Crippen molar-refractivity contribution in [3.05, 3.63) is 108 Å². The molecule has 4 aromatic rings. The van der Waals surface area contributed by atoms with Crippen LogP contribution in [0.4, 0.5) is 0 Å². The van der Waals surface area contributed by atoms with Crippen molar-refractivity contribution < 1.29 is 8.42 Å². The molecule has 0 spiro atoms. The van der Waals surface area contributed by atoms with Gasteiger partial charge >= 0.3 is 0 Å².